The van der Waals surface area contributed by atoms with Gasteiger partial charge in [0, 0.05) is 10.0 Å². The molecule has 1 aromatic carbocycles. The molecule has 0 spiro atoms. The molecule has 23 heavy (non-hydrogen) atoms. The molecule has 0 aliphatic heterocycles. The number of aromatic nitrogens is 1. The lowest BCUT2D eigenvalue weighted by molar-refractivity contribution is 0.0995. The van der Waals surface area contributed by atoms with E-state index in [1.165, 1.54) is 6.07 Å². The molecule has 0 aliphatic carbocycles. The van der Waals surface area contributed by atoms with E-state index in [0.29, 0.717) is 10.0 Å². The molecule has 0 unspecified atom stereocenters. The first-order valence-corrected chi connectivity index (χ1v) is 7.41. The minimum atomic E-state index is -0.671. The van der Waals surface area contributed by atoms with Crippen LogP contribution in [0.4, 0.5) is 10.6 Å². The van der Waals surface area contributed by atoms with Crippen LogP contribution in [-0.4, -0.2) is 16.9 Å². The van der Waals surface area contributed by atoms with E-state index in [0.717, 1.165) is 5.56 Å². The molecular formula is C15H14Cl2N4O2. The van der Waals surface area contributed by atoms with E-state index in [1.807, 2.05) is 0 Å². The lowest BCUT2D eigenvalue weighted by Gasteiger charge is -2.16. The number of pyridine rings is 1. The van der Waals surface area contributed by atoms with Crippen LogP contribution in [0.15, 0.2) is 36.4 Å². The summed E-state index contributed by atoms with van der Waals surface area (Å²) >= 11 is 11.9. The Hall–Kier alpha value is -2.31. The zero-order valence-corrected chi connectivity index (χ0v) is 13.7. The highest BCUT2D eigenvalue weighted by Crippen LogP contribution is 2.26. The SMILES string of the molecule is C[C@H](NC(=O)Nc1cccc(C(N)=O)n1)c1ccc(Cl)cc1Cl. The third-order valence-corrected chi connectivity index (χ3v) is 3.58. The number of rotatable bonds is 4. The molecule has 120 valence electrons. The van der Waals surface area contributed by atoms with Gasteiger partial charge in [-0.3, -0.25) is 10.1 Å². The van der Waals surface area contributed by atoms with Gasteiger partial charge in [-0.2, -0.15) is 0 Å². The molecule has 4 N–H and O–H groups in total. The Morgan fingerprint density at radius 1 is 1.22 bits per heavy atom. The van der Waals surface area contributed by atoms with Crippen molar-refractivity contribution in [3.05, 3.63) is 57.7 Å². The monoisotopic (exact) mass is 352 g/mol. The number of urea groups is 1. The number of hydrogen-bond donors (Lipinski definition) is 3. The number of primary amides is 1. The highest BCUT2D eigenvalue weighted by atomic mass is 35.5. The van der Waals surface area contributed by atoms with Gasteiger partial charge in [0.05, 0.1) is 6.04 Å². The van der Waals surface area contributed by atoms with Crippen LogP contribution in [0.5, 0.6) is 0 Å². The third kappa shape index (κ3) is 4.58. The Balaban J connectivity index is 2.04. The maximum atomic E-state index is 12.0. The van der Waals surface area contributed by atoms with Crippen LogP contribution in [0.25, 0.3) is 0 Å². The number of carbonyl (C=O) groups is 2. The molecule has 0 saturated heterocycles. The van der Waals surface area contributed by atoms with E-state index in [4.69, 9.17) is 28.9 Å². The molecule has 1 atom stereocenters. The zero-order valence-electron chi connectivity index (χ0n) is 12.1. The van der Waals surface area contributed by atoms with Crippen LogP contribution in [0.2, 0.25) is 10.0 Å². The van der Waals surface area contributed by atoms with Crippen LogP contribution in [0.1, 0.15) is 29.0 Å². The van der Waals surface area contributed by atoms with Gasteiger partial charge < -0.3 is 11.1 Å². The normalized spacial score (nSPS) is 11.6. The molecule has 6 nitrogen and oxygen atoms in total. The predicted molar refractivity (Wildman–Crippen MR) is 89.8 cm³/mol. The topological polar surface area (TPSA) is 97.1 Å². The number of hydrogen-bond acceptors (Lipinski definition) is 3. The fourth-order valence-electron chi connectivity index (χ4n) is 1.92. The average Bonchev–Trinajstić information content (AvgIpc) is 2.47. The molecule has 0 fully saturated rings. The molecule has 0 radical (unpaired) electrons. The van der Waals surface area contributed by atoms with Gasteiger partial charge in [-0.05, 0) is 36.8 Å². The quantitative estimate of drug-likeness (QED) is 0.786. The van der Waals surface area contributed by atoms with E-state index in [2.05, 4.69) is 15.6 Å². The Bertz CT molecular complexity index is 752. The number of nitrogens with zero attached hydrogens (tertiary/aromatic N) is 1. The van der Waals surface area contributed by atoms with Crippen LogP contribution < -0.4 is 16.4 Å². The average molecular weight is 353 g/mol. The summed E-state index contributed by atoms with van der Waals surface area (Å²) in [6, 6.07) is 8.78. The van der Waals surface area contributed by atoms with E-state index >= 15 is 0 Å². The molecule has 8 heteroatoms. The standard InChI is InChI=1S/C15H14Cl2N4O2/c1-8(10-6-5-9(16)7-11(10)17)19-15(23)21-13-4-2-3-12(20-13)14(18)22/h2-8H,1H3,(H2,18,22)(H2,19,20,21,23)/t8-/m0/s1. The van der Waals surface area contributed by atoms with Gasteiger partial charge in [-0.15, -0.1) is 0 Å². The minimum Gasteiger partial charge on any atom is -0.364 e. The van der Waals surface area contributed by atoms with Gasteiger partial charge in [-0.25, -0.2) is 9.78 Å². The maximum Gasteiger partial charge on any atom is 0.320 e. The fraction of sp³-hybridized carbons (Fsp3) is 0.133. The van der Waals surface area contributed by atoms with Gasteiger partial charge in [0.15, 0.2) is 0 Å². The van der Waals surface area contributed by atoms with Crippen molar-refractivity contribution in [2.75, 3.05) is 5.32 Å². The number of halogens is 2. The Kier molecular flexibility index (Phi) is 5.41. The maximum absolute atomic E-state index is 12.0. The van der Waals surface area contributed by atoms with Crippen LogP contribution in [0.3, 0.4) is 0 Å². The number of nitrogens with two attached hydrogens (primary N) is 1. The van der Waals surface area contributed by atoms with Crippen molar-refractivity contribution < 1.29 is 9.59 Å². The second kappa shape index (κ2) is 7.30. The molecule has 0 aliphatic rings. The van der Waals surface area contributed by atoms with Crippen LogP contribution in [-0.2, 0) is 0 Å². The number of anilines is 1. The summed E-state index contributed by atoms with van der Waals surface area (Å²) < 4.78 is 0. The third-order valence-electron chi connectivity index (χ3n) is 3.02. The lowest BCUT2D eigenvalue weighted by Crippen LogP contribution is -2.31. The highest BCUT2D eigenvalue weighted by Gasteiger charge is 2.14. The highest BCUT2D eigenvalue weighted by molar-refractivity contribution is 6.35. The Labute approximate surface area is 143 Å². The summed E-state index contributed by atoms with van der Waals surface area (Å²) in [5.74, 6) is -0.455. The smallest absolute Gasteiger partial charge is 0.320 e. The molecule has 1 heterocycles. The summed E-state index contributed by atoms with van der Waals surface area (Å²) in [6.07, 6.45) is 0. The predicted octanol–water partition coefficient (Wildman–Crippen LogP) is 3.37. The second-order valence-corrected chi connectivity index (χ2v) is 5.60. The fourth-order valence-corrected chi connectivity index (χ4v) is 2.49. The van der Waals surface area contributed by atoms with E-state index in [9.17, 15) is 9.59 Å². The van der Waals surface area contributed by atoms with Crippen molar-refractivity contribution in [2.45, 2.75) is 13.0 Å². The van der Waals surface area contributed by atoms with Gasteiger partial charge >= 0.3 is 6.03 Å². The molecule has 3 amide bonds. The van der Waals surface area contributed by atoms with Crippen molar-refractivity contribution in [1.29, 1.82) is 0 Å². The van der Waals surface area contributed by atoms with E-state index in [1.54, 1.807) is 37.3 Å². The summed E-state index contributed by atoms with van der Waals surface area (Å²) in [5, 5.41) is 6.22. The largest absolute Gasteiger partial charge is 0.364 e. The van der Waals surface area contributed by atoms with Gasteiger partial charge in [0.2, 0.25) is 0 Å². The zero-order chi connectivity index (χ0) is 17.0. The van der Waals surface area contributed by atoms with Crippen molar-refractivity contribution in [1.82, 2.24) is 10.3 Å². The Morgan fingerprint density at radius 3 is 2.61 bits per heavy atom. The summed E-state index contributed by atoms with van der Waals surface area (Å²) in [6.45, 7) is 1.78. The second-order valence-electron chi connectivity index (χ2n) is 4.76. The summed E-state index contributed by atoms with van der Waals surface area (Å²) in [4.78, 5) is 27.0. The lowest BCUT2D eigenvalue weighted by atomic mass is 10.1. The van der Waals surface area contributed by atoms with Crippen molar-refractivity contribution in [3.63, 3.8) is 0 Å². The van der Waals surface area contributed by atoms with Crippen molar-refractivity contribution >= 4 is 41.0 Å². The van der Waals surface area contributed by atoms with Gasteiger partial charge in [0.1, 0.15) is 11.5 Å². The number of carbonyl (C=O) groups excluding carboxylic acids is 2. The summed E-state index contributed by atoms with van der Waals surface area (Å²) in [5.41, 5.74) is 5.94. The molecule has 0 saturated carbocycles. The first-order chi connectivity index (χ1) is 10.9. The van der Waals surface area contributed by atoms with Crippen molar-refractivity contribution in [2.24, 2.45) is 5.73 Å². The first-order valence-electron chi connectivity index (χ1n) is 6.66. The van der Waals surface area contributed by atoms with Gasteiger partial charge in [0.25, 0.3) is 5.91 Å². The molecule has 2 rings (SSSR count). The van der Waals surface area contributed by atoms with Crippen molar-refractivity contribution in [3.8, 4) is 0 Å². The first kappa shape index (κ1) is 17.1. The van der Waals surface area contributed by atoms with Gasteiger partial charge in [-0.1, -0.05) is 35.3 Å². The molecule has 1 aromatic heterocycles. The van der Waals surface area contributed by atoms with Crippen LogP contribution in [0, 0.1) is 0 Å². The number of nitrogens with one attached hydrogen (secondary N) is 2. The summed E-state index contributed by atoms with van der Waals surface area (Å²) in [7, 11) is 0. The molecule has 0 bridgehead atoms. The molecule has 2 aromatic rings. The minimum absolute atomic E-state index is 0.0663. The van der Waals surface area contributed by atoms with E-state index < -0.39 is 11.9 Å². The number of amides is 3. The van der Waals surface area contributed by atoms with Crippen LogP contribution >= 0.6 is 23.2 Å². The Morgan fingerprint density at radius 2 is 1.96 bits per heavy atom. The van der Waals surface area contributed by atoms with E-state index in [-0.39, 0.29) is 17.6 Å². The number of benzene rings is 1. The molecular weight excluding hydrogens is 339 g/mol.